The quantitative estimate of drug-likeness (QED) is 0.640. The van der Waals surface area contributed by atoms with Gasteiger partial charge in [-0.1, -0.05) is 11.2 Å². The number of anilines is 2. The van der Waals surface area contributed by atoms with Crippen molar-refractivity contribution in [2.24, 2.45) is 0 Å². The summed E-state index contributed by atoms with van der Waals surface area (Å²) in [6.07, 6.45) is 0.529. The summed E-state index contributed by atoms with van der Waals surface area (Å²) >= 11 is 1.51. The molecular formula is C20H20N4O4S. The lowest BCUT2D eigenvalue weighted by Crippen LogP contribution is -2.24. The first kappa shape index (κ1) is 19.1. The van der Waals surface area contributed by atoms with Gasteiger partial charge in [0.15, 0.2) is 0 Å². The molecule has 1 N–H and O–H groups in total. The average molecular weight is 412 g/mol. The topological polar surface area (TPSA) is 97.6 Å². The summed E-state index contributed by atoms with van der Waals surface area (Å²) in [5, 5.41) is 12.4. The van der Waals surface area contributed by atoms with Gasteiger partial charge in [0.05, 0.1) is 18.9 Å². The molecular weight excluding hydrogens is 392 g/mol. The standard InChI is InChI=1S/C20H20N4O4S/c1-2-27-15-7-5-14(6-8-15)24-12-13(10-18(24)26)19-22-23-20(28-19)21-17(25)11-16-4-3-9-29-16/h3-9,13H,2,10-12H2,1H3,(H,21,23,25). The first-order valence-corrected chi connectivity index (χ1v) is 10.2. The van der Waals surface area contributed by atoms with Crippen LogP contribution in [0.2, 0.25) is 0 Å². The second kappa shape index (κ2) is 8.44. The molecule has 150 valence electrons. The number of carbonyl (C=O) groups excluding carboxylic acids is 2. The van der Waals surface area contributed by atoms with Crippen molar-refractivity contribution in [1.29, 1.82) is 0 Å². The Morgan fingerprint density at radius 3 is 2.86 bits per heavy atom. The predicted molar refractivity (Wildman–Crippen MR) is 108 cm³/mol. The fourth-order valence-corrected chi connectivity index (χ4v) is 3.90. The summed E-state index contributed by atoms with van der Waals surface area (Å²) in [7, 11) is 0. The summed E-state index contributed by atoms with van der Waals surface area (Å²) < 4.78 is 11.0. The Labute approximate surface area is 171 Å². The Hall–Kier alpha value is -3.20. The third-order valence-corrected chi connectivity index (χ3v) is 5.41. The maximum absolute atomic E-state index is 12.5. The van der Waals surface area contributed by atoms with E-state index in [1.165, 1.54) is 11.3 Å². The van der Waals surface area contributed by atoms with E-state index in [1.807, 2.05) is 48.7 Å². The van der Waals surface area contributed by atoms with Crippen LogP contribution in [0.15, 0.2) is 46.2 Å². The highest BCUT2D eigenvalue weighted by Crippen LogP contribution is 2.32. The van der Waals surface area contributed by atoms with Crippen molar-refractivity contribution in [3.05, 3.63) is 52.5 Å². The first-order chi connectivity index (χ1) is 14.1. The molecule has 2 aromatic heterocycles. The molecule has 9 heteroatoms. The van der Waals surface area contributed by atoms with Gasteiger partial charge in [0.25, 0.3) is 0 Å². The van der Waals surface area contributed by atoms with Gasteiger partial charge in [-0.15, -0.1) is 16.4 Å². The van der Waals surface area contributed by atoms with Crippen molar-refractivity contribution in [1.82, 2.24) is 10.2 Å². The van der Waals surface area contributed by atoms with Crippen molar-refractivity contribution in [2.75, 3.05) is 23.4 Å². The number of rotatable bonds is 7. The van der Waals surface area contributed by atoms with E-state index in [4.69, 9.17) is 9.15 Å². The number of benzene rings is 1. The number of hydrogen-bond donors (Lipinski definition) is 1. The predicted octanol–water partition coefficient (Wildman–Crippen LogP) is 3.23. The summed E-state index contributed by atoms with van der Waals surface area (Å²) in [4.78, 5) is 27.2. The van der Waals surface area contributed by atoms with Crippen LogP contribution >= 0.6 is 11.3 Å². The molecule has 3 aromatic rings. The van der Waals surface area contributed by atoms with Crippen LogP contribution in [0, 0.1) is 0 Å². The molecule has 0 spiro atoms. The van der Waals surface area contributed by atoms with Gasteiger partial charge in [0.1, 0.15) is 5.75 Å². The van der Waals surface area contributed by atoms with Crippen molar-refractivity contribution in [3.8, 4) is 5.75 Å². The number of hydrogen-bond acceptors (Lipinski definition) is 7. The van der Waals surface area contributed by atoms with Crippen LogP contribution in [0.1, 0.15) is 30.0 Å². The van der Waals surface area contributed by atoms with Gasteiger partial charge in [-0.2, -0.15) is 0 Å². The fourth-order valence-electron chi connectivity index (χ4n) is 3.20. The van der Waals surface area contributed by atoms with Gasteiger partial charge in [-0.25, -0.2) is 0 Å². The Morgan fingerprint density at radius 1 is 1.31 bits per heavy atom. The maximum Gasteiger partial charge on any atom is 0.322 e. The molecule has 0 radical (unpaired) electrons. The van der Waals surface area contributed by atoms with Crippen LogP contribution < -0.4 is 15.0 Å². The highest BCUT2D eigenvalue weighted by Gasteiger charge is 2.35. The van der Waals surface area contributed by atoms with E-state index >= 15 is 0 Å². The molecule has 1 aromatic carbocycles. The van der Waals surface area contributed by atoms with E-state index in [1.54, 1.807) is 4.90 Å². The van der Waals surface area contributed by atoms with Gasteiger partial charge in [-0.05, 0) is 42.6 Å². The average Bonchev–Trinajstić information content (AvgIpc) is 3.44. The van der Waals surface area contributed by atoms with Gasteiger partial charge in [0.2, 0.25) is 17.7 Å². The third-order valence-electron chi connectivity index (χ3n) is 4.54. The molecule has 1 aliphatic rings. The van der Waals surface area contributed by atoms with Crippen LogP contribution in [-0.4, -0.2) is 35.2 Å². The van der Waals surface area contributed by atoms with Crippen molar-refractivity contribution < 1.29 is 18.7 Å². The number of aromatic nitrogens is 2. The molecule has 0 bridgehead atoms. The zero-order chi connectivity index (χ0) is 20.2. The molecule has 29 heavy (non-hydrogen) atoms. The summed E-state index contributed by atoms with van der Waals surface area (Å²) in [5.74, 6) is 0.656. The second-order valence-corrected chi connectivity index (χ2v) is 7.61. The smallest absolute Gasteiger partial charge is 0.322 e. The molecule has 4 rings (SSSR count). The van der Waals surface area contributed by atoms with Gasteiger partial charge in [-0.3, -0.25) is 14.9 Å². The highest BCUT2D eigenvalue weighted by atomic mass is 32.1. The van der Waals surface area contributed by atoms with Crippen LogP contribution in [0.3, 0.4) is 0 Å². The molecule has 8 nitrogen and oxygen atoms in total. The minimum absolute atomic E-state index is 0.0133. The van der Waals surface area contributed by atoms with Gasteiger partial charge < -0.3 is 14.1 Å². The molecule has 3 heterocycles. The first-order valence-electron chi connectivity index (χ1n) is 9.31. The number of carbonyl (C=O) groups is 2. The lowest BCUT2D eigenvalue weighted by Gasteiger charge is -2.16. The summed E-state index contributed by atoms with van der Waals surface area (Å²) in [5.41, 5.74) is 0.796. The van der Waals surface area contributed by atoms with Crippen molar-refractivity contribution in [3.63, 3.8) is 0 Å². The normalized spacial score (nSPS) is 16.2. The van der Waals surface area contributed by atoms with E-state index in [2.05, 4.69) is 15.5 Å². The monoisotopic (exact) mass is 412 g/mol. The van der Waals surface area contributed by atoms with E-state index < -0.39 is 0 Å². The van der Waals surface area contributed by atoms with Crippen molar-refractivity contribution in [2.45, 2.75) is 25.7 Å². The van der Waals surface area contributed by atoms with Crippen LogP contribution in [-0.2, 0) is 16.0 Å². The minimum atomic E-state index is -0.221. The molecule has 0 saturated carbocycles. The highest BCUT2D eigenvalue weighted by molar-refractivity contribution is 7.10. The van der Waals surface area contributed by atoms with Crippen LogP contribution in [0.5, 0.6) is 5.75 Å². The van der Waals surface area contributed by atoms with E-state index in [0.717, 1.165) is 16.3 Å². The molecule has 1 fully saturated rings. The van der Waals surface area contributed by atoms with Crippen LogP contribution in [0.25, 0.3) is 0 Å². The molecule has 1 unspecified atom stereocenters. The fraction of sp³-hybridized carbons (Fsp3) is 0.300. The Kier molecular flexibility index (Phi) is 5.57. The molecule has 1 saturated heterocycles. The lowest BCUT2D eigenvalue weighted by molar-refractivity contribution is -0.117. The molecule has 2 amide bonds. The number of thiophene rings is 1. The second-order valence-electron chi connectivity index (χ2n) is 6.58. The number of nitrogens with one attached hydrogen (secondary N) is 1. The summed E-state index contributed by atoms with van der Waals surface area (Å²) in [6, 6.07) is 11.2. The van der Waals surface area contributed by atoms with E-state index in [-0.39, 0.29) is 36.6 Å². The number of amides is 2. The molecule has 0 aliphatic carbocycles. The summed E-state index contributed by atoms with van der Waals surface area (Å²) in [6.45, 7) is 2.96. The zero-order valence-corrected chi connectivity index (χ0v) is 16.6. The SMILES string of the molecule is CCOc1ccc(N2CC(c3nnc(NC(=O)Cc4cccs4)o3)CC2=O)cc1. The largest absolute Gasteiger partial charge is 0.494 e. The van der Waals surface area contributed by atoms with Gasteiger partial charge >= 0.3 is 6.01 Å². The molecule has 1 atom stereocenters. The minimum Gasteiger partial charge on any atom is -0.494 e. The molecule has 1 aliphatic heterocycles. The Bertz CT molecular complexity index is 984. The lowest BCUT2D eigenvalue weighted by atomic mass is 10.1. The van der Waals surface area contributed by atoms with Crippen molar-refractivity contribution >= 4 is 34.9 Å². The Morgan fingerprint density at radius 2 is 2.14 bits per heavy atom. The van der Waals surface area contributed by atoms with E-state index in [0.29, 0.717) is 19.0 Å². The maximum atomic E-state index is 12.5. The van der Waals surface area contributed by atoms with Crippen LogP contribution in [0.4, 0.5) is 11.7 Å². The van der Waals surface area contributed by atoms with Gasteiger partial charge in [0, 0.05) is 23.5 Å². The number of nitrogens with zero attached hydrogens (tertiary/aromatic N) is 3. The zero-order valence-electron chi connectivity index (χ0n) is 15.8. The third kappa shape index (κ3) is 4.45. The Balaban J connectivity index is 1.38. The van der Waals surface area contributed by atoms with E-state index in [9.17, 15) is 9.59 Å². The number of ether oxygens (including phenoxy) is 1.